The number of carbonyl (C=O) groups excluding carboxylic acids is 3. The Morgan fingerprint density at radius 3 is 2.97 bits per heavy atom. The predicted molar refractivity (Wildman–Crippen MR) is 110 cm³/mol. The zero-order valence-corrected chi connectivity index (χ0v) is 16.7. The standard InChI is InChI=1S/C20H24ClN5O3/c1-2-8-22-18(27)7-6-16-11-23-19(28)17-10-15(12-26(16)17)25-20(29)24-14-5-3-4-13(21)9-14/h1,3-5,9,15-17H,6-8,10-12H2,(H,22,27)(H,23,28)(H2,24,25,29)/t15-,16+,17-/m0/s1. The molecule has 2 saturated heterocycles. The number of piperazine rings is 1. The number of hydrogen-bond donors (Lipinski definition) is 4. The van der Waals surface area contributed by atoms with E-state index in [0.717, 1.165) is 0 Å². The highest BCUT2D eigenvalue weighted by Gasteiger charge is 2.43. The second kappa shape index (κ2) is 9.63. The molecule has 2 aliphatic rings. The summed E-state index contributed by atoms with van der Waals surface area (Å²) in [6, 6.07) is 6.11. The second-order valence-corrected chi connectivity index (χ2v) is 7.61. The predicted octanol–water partition coefficient (Wildman–Crippen LogP) is 0.932. The molecule has 0 unspecified atom stereocenters. The molecule has 9 heteroatoms. The average Bonchev–Trinajstić information content (AvgIpc) is 3.10. The van der Waals surface area contributed by atoms with Crippen LogP contribution in [0.25, 0.3) is 0 Å². The highest BCUT2D eigenvalue weighted by atomic mass is 35.5. The molecular weight excluding hydrogens is 394 g/mol. The summed E-state index contributed by atoms with van der Waals surface area (Å²) in [7, 11) is 0. The molecule has 3 rings (SSSR count). The van der Waals surface area contributed by atoms with E-state index in [4.69, 9.17) is 18.0 Å². The number of urea groups is 1. The molecule has 0 aliphatic carbocycles. The lowest BCUT2D eigenvalue weighted by molar-refractivity contribution is -0.129. The number of benzene rings is 1. The summed E-state index contributed by atoms with van der Waals surface area (Å²) in [4.78, 5) is 38.5. The summed E-state index contributed by atoms with van der Waals surface area (Å²) in [6.45, 7) is 1.25. The molecule has 0 aromatic heterocycles. The summed E-state index contributed by atoms with van der Waals surface area (Å²) in [5.41, 5.74) is 0.597. The third-order valence-electron chi connectivity index (χ3n) is 5.13. The first-order valence-electron chi connectivity index (χ1n) is 9.53. The summed E-state index contributed by atoms with van der Waals surface area (Å²) >= 11 is 5.93. The minimum atomic E-state index is -0.345. The number of rotatable bonds is 6. The van der Waals surface area contributed by atoms with Gasteiger partial charge >= 0.3 is 6.03 Å². The van der Waals surface area contributed by atoms with Gasteiger partial charge in [-0.3, -0.25) is 14.5 Å². The molecule has 1 aromatic carbocycles. The molecule has 8 nitrogen and oxygen atoms in total. The van der Waals surface area contributed by atoms with Crippen LogP contribution in [0.5, 0.6) is 0 Å². The van der Waals surface area contributed by atoms with Gasteiger partial charge in [-0.2, -0.15) is 0 Å². The van der Waals surface area contributed by atoms with Gasteiger partial charge in [-0.25, -0.2) is 4.79 Å². The maximum absolute atomic E-state index is 12.3. The summed E-state index contributed by atoms with van der Waals surface area (Å²) in [5, 5.41) is 11.8. The van der Waals surface area contributed by atoms with Gasteiger partial charge in [0.15, 0.2) is 0 Å². The Bertz CT molecular complexity index is 825. The third kappa shape index (κ3) is 5.62. The number of nitrogens with zero attached hydrogens (tertiary/aromatic N) is 1. The van der Waals surface area contributed by atoms with Crippen molar-refractivity contribution < 1.29 is 14.4 Å². The fourth-order valence-electron chi connectivity index (χ4n) is 3.80. The van der Waals surface area contributed by atoms with E-state index < -0.39 is 0 Å². The van der Waals surface area contributed by atoms with Crippen molar-refractivity contribution in [2.24, 2.45) is 0 Å². The summed E-state index contributed by atoms with van der Waals surface area (Å²) in [6.07, 6.45) is 6.61. The SMILES string of the molecule is C#CCNC(=O)CC[C@@H]1CNC(=O)[C@@H]2C[C@H](NC(=O)Nc3cccc(Cl)c3)CN12. The highest BCUT2D eigenvalue weighted by molar-refractivity contribution is 6.30. The molecule has 154 valence electrons. The van der Waals surface area contributed by atoms with Crippen LogP contribution < -0.4 is 21.3 Å². The van der Waals surface area contributed by atoms with Crippen LogP contribution in [-0.4, -0.2) is 60.5 Å². The Hall–Kier alpha value is -2.76. The van der Waals surface area contributed by atoms with E-state index in [1.165, 1.54) is 0 Å². The Morgan fingerprint density at radius 1 is 1.38 bits per heavy atom. The lowest BCUT2D eigenvalue weighted by atomic mass is 10.0. The van der Waals surface area contributed by atoms with E-state index in [1.807, 2.05) is 0 Å². The summed E-state index contributed by atoms with van der Waals surface area (Å²) < 4.78 is 0. The van der Waals surface area contributed by atoms with Crippen molar-refractivity contribution in [3.63, 3.8) is 0 Å². The number of hydrogen-bond acceptors (Lipinski definition) is 4. The lowest BCUT2D eigenvalue weighted by Gasteiger charge is -2.37. The second-order valence-electron chi connectivity index (χ2n) is 7.17. The van der Waals surface area contributed by atoms with Crippen molar-refractivity contribution >= 4 is 35.1 Å². The number of halogens is 1. The van der Waals surface area contributed by atoms with E-state index in [1.54, 1.807) is 24.3 Å². The van der Waals surface area contributed by atoms with Crippen LogP contribution in [0.3, 0.4) is 0 Å². The number of anilines is 1. The number of nitrogens with one attached hydrogen (secondary N) is 4. The molecule has 0 bridgehead atoms. The average molecular weight is 418 g/mol. The van der Waals surface area contributed by atoms with Gasteiger partial charge in [-0.15, -0.1) is 6.42 Å². The fraction of sp³-hybridized carbons (Fsp3) is 0.450. The van der Waals surface area contributed by atoms with E-state index in [2.05, 4.69) is 32.1 Å². The Labute approximate surface area is 174 Å². The Kier molecular flexibility index (Phi) is 6.96. The molecule has 0 saturated carbocycles. The third-order valence-corrected chi connectivity index (χ3v) is 5.37. The number of amides is 4. The normalized spacial score (nSPS) is 23.4. The van der Waals surface area contributed by atoms with Crippen LogP contribution in [0.4, 0.5) is 10.5 Å². The largest absolute Gasteiger partial charge is 0.353 e. The highest BCUT2D eigenvalue weighted by Crippen LogP contribution is 2.26. The monoisotopic (exact) mass is 417 g/mol. The van der Waals surface area contributed by atoms with Crippen LogP contribution in [0, 0.1) is 12.3 Å². The molecule has 29 heavy (non-hydrogen) atoms. The molecule has 3 atom stereocenters. The van der Waals surface area contributed by atoms with Gasteiger partial charge in [-0.1, -0.05) is 23.6 Å². The number of carbonyl (C=O) groups is 3. The van der Waals surface area contributed by atoms with Crippen LogP contribution in [0.2, 0.25) is 5.02 Å². The van der Waals surface area contributed by atoms with Crippen LogP contribution in [0.1, 0.15) is 19.3 Å². The molecule has 0 radical (unpaired) electrons. The zero-order valence-electron chi connectivity index (χ0n) is 15.9. The van der Waals surface area contributed by atoms with Crippen molar-refractivity contribution in [1.82, 2.24) is 20.9 Å². The van der Waals surface area contributed by atoms with E-state index >= 15 is 0 Å². The maximum atomic E-state index is 12.3. The molecule has 2 heterocycles. The Balaban J connectivity index is 1.53. The van der Waals surface area contributed by atoms with Gasteiger partial charge in [0, 0.05) is 42.3 Å². The topological polar surface area (TPSA) is 103 Å². The molecule has 4 amide bonds. The van der Waals surface area contributed by atoms with Gasteiger partial charge in [0.2, 0.25) is 11.8 Å². The quantitative estimate of drug-likeness (QED) is 0.517. The lowest BCUT2D eigenvalue weighted by Crippen LogP contribution is -2.58. The van der Waals surface area contributed by atoms with Gasteiger partial charge in [0.1, 0.15) is 0 Å². The number of fused-ring (bicyclic) bond motifs is 1. The van der Waals surface area contributed by atoms with Gasteiger partial charge < -0.3 is 21.3 Å². The fourth-order valence-corrected chi connectivity index (χ4v) is 3.99. The van der Waals surface area contributed by atoms with E-state index in [-0.39, 0.29) is 42.5 Å². The van der Waals surface area contributed by atoms with Crippen LogP contribution >= 0.6 is 11.6 Å². The van der Waals surface area contributed by atoms with Crippen molar-refractivity contribution in [3.8, 4) is 12.3 Å². The van der Waals surface area contributed by atoms with Gasteiger partial charge in [-0.05, 0) is 31.0 Å². The van der Waals surface area contributed by atoms with Crippen LogP contribution in [0.15, 0.2) is 24.3 Å². The zero-order chi connectivity index (χ0) is 20.8. The molecule has 2 fully saturated rings. The number of terminal acetylenes is 1. The van der Waals surface area contributed by atoms with Gasteiger partial charge in [0.25, 0.3) is 0 Å². The van der Waals surface area contributed by atoms with E-state index in [9.17, 15) is 14.4 Å². The first-order chi connectivity index (χ1) is 14.0. The molecule has 2 aliphatic heterocycles. The maximum Gasteiger partial charge on any atom is 0.319 e. The first-order valence-corrected chi connectivity index (χ1v) is 9.90. The minimum absolute atomic E-state index is 0.0390. The molecule has 4 N–H and O–H groups in total. The van der Waals surface area contributed by atoms with Gasteiger partial charge in [0.05, 0.1) is 12.6 Å². The molecule has 0 spiro atoms. The van der Waals surface area contributed by atoms with E-state index in [0.29, 0.717) is 43.1 Å². The first kappa shape index (κ1) is 21.0. The minimum Gasteiger partial charge on any atom is -0.353 e. The molecular formula is C20H24ClN5O3. The van der Waals surface area contributed by atoms with Crippen molar-refractivity contribution in [1.29, 1.82) is 0 Å². The van der Waals surface area contributed by atoms with Crippen LogP contribution in [-0.2, 0) is 9.59 Å². The Morgan fingerprint density at radius 2 is 2.21 bits per heavy atom. The summed E-state index contributed by atoms with van der Waals surface area (Å²) in [5.74, 6) is 2.22. The van der Waals surface area contributed by atoms with Crippen molar-refractivity contribution in [2.45, 2.75) is 37.4 Å². The smallest absolute Gasteiger partial charge is 0.319 e. The van der Waals surface area contributed by atoms with Crippen molar-refractivity contribution in [3.05, 3.63) is 29.3 Å². The molecule has 1 aromatic rings. The van der Waals surface area contributed by atoms with Crippen molar-refractivity contribution in [2.75, 3.05) is 25.0 Å².